The Morgan fingerprint density at radius 3 is 3.00 bits per heavy atom. The fourth-order valence-corrected chi connectivity index (χ4v) is 0.335. The normalized spacial score (nSPS) is 8.57. The first-order valence-electron chi connectivity index (χ1n) is 1.95. The van der Waals surface area contributed by atoms with E-state index in [1.165, 1.54) is 6.26 Å². The molecule has 0 radical (unpaired) electrons. The van der Waals surface area contributed by atoms with Gasteiger partial charge in [0.2, 0.25) is 5.89 Å². The average molecular weight is 95.1 g/mol. The van der Waals surface area contributed by atoms with Gasteiger partial charge in [0.05, 0.1) is 6.20 Å². The standard InChI is InChI=1S/C5H5NO/c1-2-5-6-3-4-7-5/h2-4H,1H2. The minimum Gasteiger partial charge on any atom is -0.445 e. The highest BCUT2D eigenvalue weighted by Crippen LogP contribution is 1.92. The summed E-state index contributed by atoms with van der Waals surface area (Å²) >= 11 is 0. The zero-order valence-corrected chi connectivity index (χ0v) is 3.79. The molecule has 0 aliphatic carbocycles. The largest absolute Gasteiger partial charge is 0.445 e. The van der Waals surface area contributed by atoms with Gasteiger partial charge in [0.1, 0.15) is 6.26 Å². The zero-order valence-electron chi connectivity index (χ0n) is 3.79. The Kier molecular flexibility index (Phi) is 0.941. The van der Waals surface area contributed by atoms with Crippen LogP contribution < -0.4 is 0 Å². The van der Waals surface area contributed by atoms with E-state index in [1.807, 2.05) is 0 Å². The van der Waals surface area contributed by atoms with Crippen LogP contribution >= 0.6 is 0 Å². The number of nitrogens with zero attached hydrogens (tertiary/aromatic N) is 1. The highest BCUT2D eigenvalue weighted by atomic mass is 16.3. The summed E-state index contributed by atoms with van der Waals surface area (Å²) in [5, 5.41) is 0. The lowest BCUT2D eigenvalue weighted by Gasteiger charge is -1.71. The lowest BCUT2D eigenvalue weighted by Crippen LogP contribution is -1.61. The smallest absolute Gasteiger partial charge is 0.217 e. The van der Waals surface area contributed by atoms with Crippen molar-refractivity contribution >= 4 is 6.08 Å². The van der Waals surface area contributed by atoms with Crippen LogP contribution in [-0.2, 0) is 0 Å². The van der Waals surface area contributed by atoms with Crippen LogP contribution in [0.4, 0.5) is 0 Å². The minimum absolute atomic E-state index is 0.569. The Morgan fingerprint density at radius 2 is 2.71 bits per heavy atom. The molecule has 7 heavy (non-hydrogen) atoms. The maximum atomic E-state index is 4.75. The van der Waals surface area contributed by atoms with Crippen molar-refractivity contribution in [2.75, 3.05) is 0 Å². The topological polar surface area (TPSA) is 26.0 Å². The van der Waals surface area contributed by atoms with Crippen molar-refractivity contribution in [3.05, 3.63) is 24.9 Å². The summed E-state index contributed by atoms with van der Waals surface area (Å²) in [6.07, 6.45) is 4.65. The third-order valence-electron chi connectivity index (χ3n) is 0.626. The third kappa shape index (κ3) is 0.682. The minimum atomic E-state index is 0.569. The van der Waals surface area contributed by atoms with Crippen LogP contribution in [0.25, 0.3) is 6.08 Å². The molecule has 0 saturated heterocycles. The maximum absolute atomic E-state index is 4.75. The van der Waals surface area contributed by atoms with Crippen molar-refractivity contribution in [2.24, 2.45) is 0 Å². The Bertz CT molecular complexity index is 143. The zero-order chi connectivity index (χ0) is 5.11. The van der Waals surface area contributed by atoms with Gasteiger partial charge >= 0.3 is 0 Å². The molecule has 2 heteroatoms. The summed E-state index contributed by atoms with van der Waals surface area (Å²) in [5.41, 5.74) is 0. The van der Waals surface area contributed by atoms with Crippen LogP contribution in [0.3, 0.4) is 0 Å². The van der Waals surface area contributed by atoms with Crippen LogP contribution in [0.15, 0.2) is 23.5 Å². The number of hydrogen-bond donors (Lipinski definition) is 0. The molecule has 0 bridgehead atoms. The van der Waals surface area contributed by atoms with Crippen molar-refractivity contribution in [3.63, 3.8) is 0 Å². The van der Waals surface area contributed by atoms with Gasteiger partial charge in [0.15, 0.2) is 0 Å². The molecule has 0 fully saturated rings. The van der Waals surface area contributed by atoms with E-state index in [4.69, 9.17) is 4.42 Å². The Morgan fingerprint density at radius 1 is 1.86 bits per heavy atom. The van der Waals surface area contributed by atoms with Gasteiger partial charge in [-0.1, -0.05) is 6.58 Å². The molecule has 0 spiro atoms. The molecule has 0 amide bonds. The first kappa shape index (κ1) is 4.12. The molecule has 2 nitrogen and oxygen atoms in total. The lowest BCUT2D eigenvalue weighted by molar-refractivity contribution is 0.546. The fraction of sp³-hybridized carbons (Fsp3) is 0. The molecule has 1 rings (SSSR count). The van der Waals surface area contributed by atoms with Crippen molar-refractivity contribution in [3.8, 4) is 0 Å². The summed E-state index contributed by atoms with van der Waals surface area (Å²) in [6.45, 7) is 3.45. The van der Waals surface area contributed by atoms with Crippen LogP contribution in [0.1, 0.15) is 5.89 Å². The first-order valence-corrected chi connectivity index (χ1v) is 1.95. The van der Waals surface area contributed by atoms with E-state index in [1.54, 1.807) is 12.3 Å². The predicted octanol–water partition coefficient (Wildman–Crippen LogP) is 1.32. The van der Waals surface area contributed by atoms with Gasteiger partial charge in [-0.25, -0.2) is 4.98 Å². The molecule has 0 N–H and O–H groups in total. The van der Waals surface area contributed by atoms with E-state index >= 15 is 0 Å². The maximum Gasteiger partial charge on any atom is 0.217 e. The molecule has 0 aliphatic heterocycles. The summed E-state index contributed by atoms with van der Waals surface area (Å²) in [4.78, 5) is 3.75. The molecule has 0 aliphatic rings. The summed E-state index contributed by atoms with van der Waals surface area (Å²) in [5.74, 6) is 0.569. The summed E-state index contributed by atoms with van der Waals surface area (Å²) in [7, 11) is 0. The lowest BCUT2D eigenvalue weighted by atomic mass is 10.6. The van der Waals surface area contributed by atoms with E-state index in [9.17, 15) is 0 Å². The quantitative estimate of drug-likeness (QED) is 0.525. The van der Waals surface area contributed by atoms with Crippen molar-refractivity contribution in [1.29, 1.82) is 0 Å². The molecule has 1 aromatic rings. The van der Waals surface area contributed by atoms with Crippen LogP contribution in [-0.4, -0.2) is 4.98 Å². The Hall–Kier alpha value is -1.05. The van der Waals surface area contributed by atoms with Gasteiger partial charge in [-0.15, -0.1) is 0 Å². The molecule has 0 aromatic carbocycles. The molecule has 1 heterocycles. The number of aromatic nitrogens is 1. The van der Waals surface area contributed by atoms with E-state index in [0.29, 0.717) is 5.89 Å². The summed E-state index contributed by atoms with van der Waals surface area (Å²) in [6, 6.07) is 0. The Balaban J connectivity index is 2.96. The van der Waals surface area contributed by atoms with Crippen molar-refractivity contribution < 1.29 is 4.42 Å². The molecular weight excluding hydrogens is 90.1 g/mol. The van der Waals surface area contributed by atoms with Crippen molar-refractivity contribution in [2.45, 2.75) is 0 Å². The monoisotopic (exact) mass is 95.0 g/mol. The Labute approximate surface area is 41.5 Å². The average Bonchev–Trinajstić information content (AvgIpc) is 2.14. The van der Waals surface area contributed by atoms with Crippen LogP contribution in [0.5, 0.6) is 0 Å². The van der Waals surface area contributed by atoms with Gasteiger partial charge in [0.25, 0.3) is 0 Å². The molecule has 36 valence electrons. The number of oxazole rings is 1. The van der Waals surface area contributed by atoms with Gasteiger partial charge in [0, 0.05) is 0 Å². The van der Waals surface area contributed by atoms with Gasteiger partial charge in [-0.2, -0.15) is 0 Å². The van der Waals surface area contributed by atoms with Gasteiger partial charge in [-0.3, -0.25) is 0 Å². The van der Waals surface area contributed by atoms with E-state index in [2.05, 4.69) is 11.6 Å². The van der Waals surface area contributed by atoms with E-state index in [-0.39, 0.29) is 0 Å². The van der Waals surface area contributed by atoms with E-state index < -0.39 is 0 Å². The number of rotatable bonds is 1. The molecule has 1 aromatic heterocycles. The summed E-state index contributed by atoms with van der Waals surface area (Å²) < 4.78 is 4.75. The highest BCUT2D eigenvalue weighted by molar-refractivity contribution is 5.32. The highest BCUT2D eigenvalue weighted by Gasteiger charge is 1.81. The molecule has 0 unspecified atom stereocenters. The SMILES string of the molecule is C=Cc1ncco1. The molecule has 0 atom stereocenters. The third-order valence-corrected chi connectivity index (χ3v) is 0.626. The fourth-order valence-electron chi connectivity index (χ4n) is 0.335. The second-order valence-electron chi connectivity index (χ2n) is 1.07. The van der Waals surface area contributed by atoms with Crippen LogP contribution in [0.2, 0.25) is 0 Å². The molecular formula is C5H5NO. The number of hydrogen-bond acceptors (Lipinski definition) is 2. The van der Waals surface area contributed by atoms with Gasteiger partial charge in [-0.05, 0) is 6.08 Å². The predicted molar refractivity (Wildman–Crippen MR) is 26.6 cm³/mol. The second-order valence-corrected chi connectivity index (χ2v) is 1.07. The van der Waals surface area contributed by atoms with Gasteiger partial charge < -0.3 is 4.42 Å². The van der Waals surface area contributed by atoms with Crippen molar-refractivity contribution in [1.82, 2.24) is 4.98 Å². The second kappa shape index (κ2) is 1.60. The molecule has 0 saturated carbocycles. The van der Waals surface area contributed by atoms with E-state index in [0.717, 1.165) is 0 Å². The van der Waals surface area contributed by atoms with Crippen LogP contribution in [0, 0.1) is 0 Å². The first-order chi connectivity index (χ1) is 3.43.